The summed E-state index contributed by atoms with van der Waals surface area (Å²) in [6.45, 7) is 4.42. The lowest BCUT2D eigenvalue weighted by molar-refractivity contribution is -0.122. The van der Waals surface area contributed by atoms with Gasteiger partial charge in [-0.05, 0) is 36.5 Å². The standard InChI is InChI=1S/C12H21NO2/c1-8(2)5-11(15)13-10-3-4-12(7-14)6-9(10)12/h8-10,14H,3-7H2,1-2H3,(H,13,15). The minimum absolute atomic E-state index is 0.177. The van der Waals surface area contributed by atoms with Gasteiger partial charge >= 0.3 is 0 Å². The molecule has 2 fully saturated rings. The second kappa shape index (κ2) is 3.78. The van der Waals surface area contributed by atoms with Crippen molar-refractivity contribution in [1.82, 2.24) is 5.32 Å². The summed E-state index contributed by atoms with van der Waals surface area (Å²) < 4.78 is 0. The summed E-state index contributed by atoms with van der Waals surface area (Å²) in [7, 11) is 0. The van der Waals surface area contributed by atoms with E-state index in [1.807, 2.05) is 0 Å². The number of carbonyl (C=O) groups excluding carboxylic acids is 1. The quantitative estimate of drug-likeness (QED) is 0.736. The first-order valence-electron chi connectivity index (χ1n) is 5.97. The monoisotopic (exact) mass is 211 g/mol. The Labute approximate surface area is 91.2 Å². The third-order valence-corrected chi connectivity index (χ3v) is 3.95. The highest BCUT2D eigenvalue weighted by Crippen LogP contribution is 2.63. The van der Waals surface area contributed by atoms with Crippen molar-refractivity contribution < 1.29 is 9.90 Å². The third kappa shape index (κ3) is 2.03. The molecule has 3 nitrogen and oxygen atoms in total. The fourth-order valence-corrected chi connectivity index (χ4v) is 2.95. The van der Waals surface area contributed by atoms with Gasteiger partial charge in [0, 0.05) is 19.1 Å². The first kappa shape index (κ1) is 10.9. The van der Waals surface area contributed by atoms with Crippen LogP contribution in [0, 0.1) is 17.3 Å². The topological polar surface area (TPSA) is 49.3 Å². The number of carbonyl (C=O) groups is 1. The molecule has 0 bridgehead atoms. The molecule has 0 heterocycles. The lowest BCUT2D eigenvalue weighted by Crippen LogP contribution is -2.35. The number of fused-ring (bicyclic) bond motifs is 1. The number of amides is 1. The molecule has 2 saturated carbocycles. The lowest BCUT2D eigenvalue weighted by atomic mass is 10.1. The van der Waals surface area contributed by atoms with Crippen molar-refractivity contribution in [2.24, 2.45) is 17.3 Å². The molecule has 0 aliphatic heterocycles. The predicted octanol–water partition coefficient (Wildman–Crippen LogP) is 1.31. The molecule has 0 aromatic carbocycles. The SMILES string of the molecule is CC(C)CC(=O)NC1CCC2(CO)CC12. The average molecular weight is 211 g/mol. The molecule has 86 valence electrons. The van der Waals surface area contributed by atoms with Gasteiger partial charge in [0.25, 0.3) is 0 Å². The molecule has 3 unspecified atom stereocenters. The third-order valence-electron chi connectivity index (χ3n) is 3.95. The molecule has 2 aliphatic rings. The van der Waals surface area contributed by atoms with Gasteiger partial charge in [-0.1, -0.05) is 13.8 Å². The summed E-state index contributed by atoms with van der Waals surface area (Å²) in [5, 5.41) is 12.4. The average Bonchev–Trinajstić information content (AvgIpc) is 2.79. The molecule has 0 aromatic rings. The number of aliphatic hydroxyl groups excluding tert-OH is 1. The van der Waals surface area contributed by atoms with E-state index in [-0.39, 0.29) is 11.3 Å². The minimum Gasteiger partial charge on any atom is -0.396 e. The summed E-state index contributed by atoms with van der Waals surface area (Å²) >= 11 is 0. The van der Waals surface area contributed by atoms with Crippen LogP contribution in [0.5, 0.6) is 0 Å². The Morgan fingerprint density at radius 1 is 1.60 bits per heavy atom. The van der Waals surface area contributed by atoms with E-state index in [0.717, 1.165) is 19.3 Å². The van der Waals surface area contributed by atoms with Gasteiger partial charge in [0.05, 0.1) is 0 Å². The van der Waals surface area contributed by atoms with Gasteiger partial charge in [-0.25, -0.2) is 0 Å². The predicted molar refractivity (Wildman–Crippen MR) is 58.2 cm³/mol. The molecular formula is C12H21NO2. The van der Waals surface area contributed by atoms with Crippen molar-refractivity contribution in [2.45, 2.75) is 45.6 Å². The number of hydrogen-bond donors (Lipinski definition) is 2. The Morgan fingerprint density at radius 3 is 2.80 bits per heavy atom. The van der Waals surface area contributed by atoms with Crippen LogP contribution in [0.1, 0.15) is 39.5 Å². The van der Waals surface area contributed by atoms with E-state index in [9.17, 15) is 9.90 Å². The van der Waals surface area contributed by atoms with Crippen LogP contribution in [0.4, 0.5) is 0 Å². The molecule has 2 aliphatic carbocycles. The van der Waals surface area contributed by atoms with Crippen LogP contribution in [0.15, 0.2) is 0 Å². The van der Waals surface area contributed by atoms with E-state index < -0.39 is 0 Å². The van der Waals surface area contributed by atoms with Crippen LogP contribution in [0.2, 0.25) is 0 Å². The number of aliphatic hydroxyl groups is 1. The summed E-state index contributed by atoms with van der Waals surface area (Å²) in [4.78, 5) is 11.6. The van der Waals surface area contributed by atoms with Gasteiger partial charge in [-0.2, -0.15) is 0 Å². The van der Waals surface area contributed by atoms with Crippen molar-refractivity contribution in [3.8, 4) is 0 Å². The highest BCUT2D eigenvalue weighted by atomic mass is 16.3. The maximum atomic E-state index is 11.6. The highest BCUT2D eigenvalue weighted by Gasteiger charge is 2.61. The smallest absolute Gasteiger partial charge is 0.220 e. The van der Waals surface area contributed by atoms with Crippen LogP contribution in [-0.2, 0) is 4.79 Å². The van der Waals surface area contributed by atoms with E-state index in [1.165, 1.54) is 0 Å². The number of rotatable bonds is 4. The molecule has 3 heteroatoms. The minimum atomic E-state index is 0.177. The maximum absolute atomic E-state index is 11.6. The van der Waals surface area contributed by atoms with Gasteiger partial charge in [0.2, 0.25) is 5.91 Å². The zero-order valence-electron chi connectivity index (χ0n) is 9.62. The van der Waals surface area contributed by atoms with Gasteiger partial charge < -0.3 is 10.4 Å². The second-order valence-electron chi connectivity index (χ2n) is 5.64. The highest BCUT2D eigenvalue weighted by molar-refractivity contribution is 5.76. The van der Waals surface area contributed by atoms with E-state index >= 15 is 0 Å². The molecule has 0 radical (unpaired) electrons. The lowest BCUT2D eigenvalue weighted by Gasteiger charge is -2.14. The second-order valence-corrected chi connectivity index (χ2v) is 5.64. The summed E-state index contributed by atoms with van der Waals surface area (Å²) in [5.74, 6) is 1.16. The Morgan fingerprint density at radius 2 is 2.33 bits per heavy atom. The Kier molecular flexibility index (Phi) is 2.75. The molecular weight excluding hydrogens is 190 g/mol. The van der Waals surface area contributed by atoms with E-state index in [0.29, 0.717) is 30.9 Å². The zero-order valence-corrected chi connectivity index (χ0v) is 9.62. The van der Waals surface area contributed by atoms with Crippen LogP contribution in [0.3, 0.4) is 0 Å². The van der Waals surface area contributed by atoms with Crippen molar-refractivity contribution in [1.29, 1.82) is 0 Å². The summed E-state index contributed by atoms with van der Waals surface area (Å²) in [5.41, 5.74) is 0.190. The fraction of sp³-hybridized carbons (Fsp3) is 0.917. The maximum Gasteiger partial charge on any atom is 0.220 e. The molecule has 2 N–H and O–H groups in total. The van der Waals surface area contributed by atoms with E-state index in [4.69, 9.17) is 0 Å². The number of hydrogen-bond acceptors (Lipinski definition) is 2. The molecule has 2 rings (SSSR count). The first-order chi connectivity index (χ1) is 7.07. The Hall–Kier alpha value is -0.570. The van der Waals surface area contributed by atoms with Gasteiger partial charge in [-0.3, -0.25) is 4.79 Å². The van der Waals surface area contributed by atoms with Crippen molar-refractivity contribution in [3.63, 3.8) is 0 Å². The zero-order chi connectivity index (χ0) is 11.1. The van der Waals surface area contributed by atoms with Crippen molar-refractivity contribution >= 4 is 5.91 Å². The normalized spacial score (nSPS) is 37.9. The number of nitrogens with one attached hydrogen (secondary N) is 1. The van der Waals surface area contributed by atoms with Crippen LogP contribution >= 0.6 is 0 Å². The Bertz CT molecular complexity index is 264. The van der Waals surface area contributed by atoms with Crippen LogP contribution < -0.4 is 5.32 Å². The molecule has 0 aromatic heterocycles. The van der Waals surface area contributed by atoms with E-state index in [1.54, 1.807) is 0 Å². The van der Waals surface area contributed by atoms with Gasteiger partial charge in [0.1, 0.15) is 0 Å². The first-order valence-corrected chi connectivity index (χ1v) is 5.97. The summed E-state index contributed by atoms with van der Waals surface area (Å²) in [6.07, 6.45) is 3.86. The van der Waals surface area contributed by atoms with Gasteiger partial charge in [-0.15, -0.1) is 0 Å². The molecule has 0 saturated heterocycles. The molecule has 3 atom stereocenters. The largest absolute Gasteiger partial charge is 0.396 e. The Balaban J connectivity index is 1.80. The summed E-state index contributed by atoms with van der Waals surface area (Å²) in [6, 6.07) is 0.336. The van der Waals surface area contributed by atoms with Crippen molar-refractivity contribution in [2.75, 3.05) is 6.61 Å². The van der Waals surface area contributed by atoms with Crippen LogP contribution in [-0.4, -0.2) is 23.7 Å². The van der Waals surface area contributed by atoms with Crippen LogP contribution in [0.25, 0.3) is 0 Å². The van der Waals surface area contributed by atoms with Gasteiger partial charge in [0.15, 0.2) is 0 Å². The molecule has 0 spiro atoms. The van der Waals surface area contributed by atoms with E-state index in [2.05, 4.69) is 19.2 Å². The fourth-order valence-electron chi connectivity index (χ4n) is 2.95. The molecule has 1 amide bonds. The molecule has 15 heavy (non-hydrogen) atoms. The van der Waals surface area contributed by atoms with Crippen molar-refractivity contribution in [3.05, 3.63) is 0 Å².